The van der Waals surface area contributed by atoms with Crippen LogP contribution in [0.5, 0.6) is 0 Å². The van der Waals surface area contributed by atoms with Gasteiger partial charge in [0.1, 0.15) is 5.82 Å². The van der Waals surface area contributed by atoms with Gasteiger partial charge in [0.15, 0.2) is 0 Å². The summed E-state index contributed by atoms with van der Waals surface area (Å²) in [5, 5.41) is 11.4. The van der Waals surface area contributed by atoms with Crippen molar-refractivity contribution in [3.05, 3.63) is 71.5 Å². The van der Waals surface area contributed by atoms with Gasteiger partial charge in [-0.15, -0.1) is 0 Å². The number of likely N-dealkylation sites (tertiary alicyclic amines) is 3. The minimum atomic E-state index is -0.702. The minimum absolute atomic E-state index is 0.0491. The molecule has 2 aromatic carbocycles. The molecular formula is C29H36FN3O3. The molecule has 0 saturated carbocycles. The highest BCUT2D eigenvalue weighted by Crippen LogP contribution is 2.47. The summed E-state index contributed by atoms with van der Waals surface area (Å²) in [6.45, 7) is 3.74. The first-order chi connectivity index (χ1) is 17.4. The predicted molar refractivity (Wildman–Crippen MR) is 135 cm³/mol. The number of carbonyl (C=O) groups is 2. The van der Waals surface area contributed by atoms with E-state index in [0.717, 1.165) is 37.1 Å². The maximum Gasteiger partial charge on any atom is 0.236 e. The third-order valence-corrected chi connectivity index (χ3v) is 8.30. The molecule has 2 atom stereocenters. The van der Waals surface area contributed by atoms with Gasteiger partial charge < -0.3 is 14.9 Å². The van der Waals surface area contributed by atoms with Crippen LogP contribution in [0, 0.1) is 11.2 Å². The molecule has 5 rings (SSSR count). The molecule has 3 fully saturated rings. The molecule has 3 aliphatic rings. The smallest absolute Gasteiger partial charge is 0.236 e. The van der Waals surface area contributed by atoms with Crippen LogP contribution >= 0.6 is 0 Å². The van der Waals surface area contributed by atoms with Crippen molar-refractivity contribution in [3.63, 3.8) is 0 Å². The number of carbonyl (C=O) groups excluding carboxylic acids is 2. The van der Waals surface area contributed by atoms with Gasteiger partial charge >= 0.3 is 0 Å². The number of hydrogen-bond acceptors (Lipinski definition) is 4. The van der Waals surface area contributed by atoms with Crippen LogP contribution < -0.4 is 0 Å². The SMILES string of the molecule is O=C(CN1CCC2(CC1)C[C@@H](O)[C@H](c1ccccc1)N(Cc1ccc(F)cc1)C2=O)N1CCCCC1. The largest absolute Gasteiger partial charge is 0.391 e. The Kier molecular flexibility index (Phi) is 7.39. The van der Waals surface area contributed by atoms with Gasteiger partial charge in [-0.3, -0.25) is 14.5 Å². The second kappa shape index (κ2) is 10.7. The van der Waals surface area contributed by atoms with E-state index in [1.54, 1.807) is 17.0 Å². The molecule has 1 N–H and O–H groups in total. The minimum Gasteiger partial charge on any atom is -0.391 e. The lowest BCUT2D eigenvalue weighted by atomic mass is 9.68. The van der Waals surface area contributed by atoms with Gasteiger partial charge in [0.2, 0.25) is 11.8 Å². The van der Waals surface area contributed by atoms with Crippen LogP contribution in [-0.2, 0) is 16.1 Å². The summed E-state index contributed by atoms with van der Waals surface area (Å²) >= 11 is 0. The van der Waals surface area contributed by atoms with E-state index in [9.17, 15) is 19.1 Å². The zero-order valence-corrected chi connectivity index (χ0v) is 20.8. The molecule has 2 aromatic rings. The van der Waals surface area contributed by atoms with Crippen molar-refractivity contribution in [2.24, 2.45) is 5.41 Å². The predicted octanol–water partition coefficient (Wildman–Crippen LogP) is 3.75. The van der Waals surface area contributed by atoms with Crippen molar-refractivity contribution in [2.75, 3.05) is 32.7 Å². The number of benzene rings is 2. The van der Waals surface area contributed by atoms with E-state index in [-0.39, 0.29) is 17.6 Å². The highest BCUT2D eigenvalue weighted by molar-refractivity contribution is 5.85. The zero-order valence-electron chi connectivity index (χ0n) is 20.8. The van der Waals surface area contributed by atoms with Crippen molar-refractivity contribution in [1.29, 1.82) is 0 Å². The number of nitrogens with zero attached hydrogens (tertiary/aromatic N) is 3. The molecule has 3 saturated heterocycles. The Morgan fingerprint density at radius 1 is 0.944 bits per heavy atom. The molecule has 7 heteroatoms. The lowest BCUT2D eigenvalue weighted by Crippen LogP contribution is -2.58. The molecule has 6 nitrogen and oxygen atoms in total. The maximum atomic E-state index is 14.1. The van der Waals surface area contributed by atoms with Gasteiger partial charge in [-0.25, -0.2) is 4.39 Å². The first-order valence-corrected chi connectivity index (χ1v) is 13.2. The van der Waals surface area contributed by atoms with Crippen LogP contribution in [0.15, 0.2) is 54.6 Å². The first kappa shape index (κ1) is 24.9. The molecule has 192 valence electrons. The van der Waals surface area contributed by atoms with Gasteiger partial charge in [0.25, 0.3) is 0 Å². The van der Waals surface area contributed by atoms with E-state index in [1.807, 2.05) is 35.2 Å². The van der Waals surface area contributed by atoms with E-state index in [0.29, 0.717) is 45.4 Å². The van der Waals surface area contributed by atoms with E-state index in [2.05, 4.69) is 4.90 Å². The van der Waals surface area contributed by atoms with Gasteiger partial charge in [-0.1, -0.05) is 42.5 Å². The Bertz CT molecular complexity index is 1050. The fourth-order valence-corrected chi connectivity index (χ4v) is 6.24. The highest BCUT2D eigenvalue weighted by Gasteiger charge is 2.52. The molecule has 0 unspecified atom stereocenters. The van der Waals surface area contributed by atoms with E-state index >= 15 is 0 Å². The number of amides is 2. The van der Waals surface area contributed by atoms with Gasteiger partial charge in [-0.2, -0.15) is 0 Å². The molecule has 3 heterocycles. The molecule has 1 spiro atoms. The Balaban J connectivity index is 1.32. The third-order valence-electron chi connectivity index (χ3n) is 8.30. The Hall–Kier alpha value is -2.77. The maximum absolute atomic E-state index is 14.1. The quantitative estimate of drug-likeness (QED) is 0.689. The summed E-state index contributed by atoms with van der Waals surface area (Å²) in [6.07, 6.45) is 4.31. The molecule has 0 aliphatic carbocycles. The summed E-state index contributed by atoms with van der Waals surface area (Å²) in [7, 11) is 0. The Morgan fingerprint density at radius 2 is 1.61 bits per heavy atom. The van der Waals surface area contributed by atoms with Crippen LogP contribution in [0.2, 0.25) is 0 Å². The average Bonchev–Trinajstić information content (AvgIpc) is 2.91. The lowest BCUT2D eigenvalue weighted by Gasteiger charge is -2.51. The number of halogens is 1. The molecule has 0 bridgehead atoms. The number of piperidine rings is 3. The molecule has 2 amide bonds. The van der Waals surface area contributed by atoms with Crippen molar-refractivity contribution in [2.45, 2.75) is 57.2 Å². The van der Waals surface area contributed by atoms with Gasteiger partial charge in [-0.05, 0) is 74.9 Å². The summed E-state index contributed by atoms with van der Waals surface area (Å²) < 4.78 is 13.5. The van der Waals surface area contributed by atoms with Crippen LogP contribution in [-0.4, -0.2) is 70.4 Å². The second-order valence-electron chi connectivity index (χ2n) is 10.7. The van der Waals surface area contributed by atoms with Crippen molar-refractivity contribution >= 4 is 11.8 Å². The van der Waals surface area contributed by atoms with Crippen LogP contribution in [0.3, 0.4) is 0 Å². The monoisotopic (exact) mass is 493 g/mol. The topological polar surface area (TPSA) is 64.1 Å². The fourth-order valence-electron chi connectivity index (χ4n) is 6.24. The fraction of sp³-hybridized carbons (Fsp3) is 0.517. The molecule has 36 heavy (non-hydrogen) atoms. The summed E-state index contributed by atoms with van der Waals surface area (Å²) in [5.74, 6) is -0.0815. The van der Waals surface area contributed by atoms with Crippen molar-refractivity contribution in [1.82, 2.24) is 14.7 Å². The van der Waals surface area contributed by atoms with Gasteiger partial charge in [0.05, 0.1) is 24.1 Å². The number of aliphatic hydroxyl groups is 1. The van der Waals surface area contributed by atoms with Crippen LogP contribution in [0.4, 0.5) is 4.39 Å². The summed E-state index contributed by atoms with van der Waals surface area (Å²) in [5.41, 5.74) is 1.09. The number of aliphatic hydroxyl groups excluding tert-OH is 1. The normalized spacial score (nSPS) is 24.8. The standard InChI is InChI=1S/C29H36FN3O3/c30-24-11-9-22(10-12-24)20-33-27(23-7-3-1-4-8-23)25(34)19-29(28(33)36)13-17-31(18-14-29)21-26(35)32-15-5-2-6-16-32/h1,3-4,7-12,25,27,34H,2,5-6,13-21H2/t25-,27+/m1/s1. The zero-order chi connectivity index (χ0) is 25.1. The number of hydrogen-bond donors (Lipinski definition) is 1. The molecule has 0 radical (unpaired) electrons. The van der Waals surface area contributed by atoms with Crippen molar-refractivity contribution < 1.29 is 19.1 Å². The van der Waals surface area contributed by atoms with Gasteiger partial charge in [0, 0.05) is 19.6 Å². The Morgan fingerprint density at radius 3 is 2.28 bits per heavy atom. The second-order valence-corrected chi connectivity index (χ2v) is 10.7. The molecule has 0 aromatic heterocycles. The Labute approximate surface area is 212 Å². The average molecular weight is 494 g/mol. The van der Waals surface area contributed by atoms with Crippen molar-refractivity contribution in [3.8, 4) is 0 Å². The highest BCUT2D eigenvalue weighted by atomic mass is 19.1. The summed E-state index contributed by atoms with van der Waals surface area (Å²) in [4.78, 5) is 32.8. The number of rotatable bonds is 5. The summed E-state index contributed by atoms with van der Waals surface area (Å²) in [6, 6.07) is 15.4. The van der Waals surface area contributed by atoms with Crippen LogP contribution in [0.1, 0.15) is 55.7 Å². The lowest BCUT2D eigenvalue weighted by molar-refractivity contribution is -0.165. The van der Waals surface area contributed by atoms with Crippen LogP contribution in [0.25, 0.3) is 0 Å². The van der Waals surface area contributed by atoms with E-state index in [1.165, 1.54) is 18.6 Å². The first-order valence-electron chi connectivity index (χ1n) is 13.2. The molecular weight excluding hydrogens is 457 g/mol. The third kappa shape index (κ3) is 5.18. The van der Waals surface area contributed by atoms with E-state index in [4.69, 9.17) is 0 Å². The molecule has 3 aliphatic heterocycles. The van der Waals surface area contributed by atoms with E-state index < -0.39 is 17.6 Å².